The van der Waals surface area contributed by atoms with Crippen LogP contribution in [-0.2, 0) is 17.4 Å². The fourth-order valence-electron chi connectivity index (χ4n) is 3.32. The van der Waals surface area contributed by atoms with E-state index in [2.05, 4.69) is 12.3 Å². The van der Waals surface area contributed by atoms with Crippen molar-refractivity contribution in [2.75, 3.05) is 0 Å². The normalized spacial score (nSPS) is 12.1. The van der Waals surface area contributed by atoms with Crippen molar-refractivity contribution < 1.29 is 9.90 Å². The first-order valence-corrected chi connectivity index (χ1v) is 10.9. The molecule has 0 saturated carbocycles. The second-order valence-corrected chi connectivity index (χ2v) is 10.4. The van der Waals surface area contributed by atoms with Crippen LogP contribution in [0, 0.1) is 10.7 Å². The van der Waals surface area contributed by atoms with Gasteiger partial charge >= 0.3 is 0 Å². The van der Waals surface area contributed by atoms with Crippen LogP contribution in [0.15, 0.2) is 29.4 Å². The summed E-state index contributed by atoms with van der Waals surface area (Å²) in [6, 6.07) is 5.42. The highest BCUT2D eigenvalue weighted by molar-refractivity contribution is 8.03. The van der Waals surface area contributed by atoms with Gasteiger partial charge in [-0.2, -0.15) is 5.26 Å². The molecular weight excluding hydrogens is 380 g/mol. The number of thiocyanates is 1. The molecule has 0 aliphatic rings. The van der Waals surface area contributed by atoms with Crippen molar-refractivity contribution in [2.45, 2.75) is 83.7 Å². The van der Waals surface area contributed by atoms with Gasteiger partial charge in [0.1, 0.15) is 11.2 Å². The molecular formula is C24H32N2O2S. The molecule has 0 aliphatic heterocycles. The summed E-state index contributed by atoms with van der Waals surface area (Å²) in [5.74, 6) is 0.179. The smallest absolute Gasteiger partial charge is 0.194 e. The molecule has 0 saturated heterocycles. The second-order valence-electron chi connectivity index (χ2n) is 9.56. The van der Waals surface area contributed by atoms with Crippen LogP contribution in [0.4, 0.5) is 0 Å². The SMILES string of the molecule is CCCCn1cc(C(=O)c2cc(C(C)(C)C)c(O)c(C(C)(C)C)c2)cc1SC#N. The van der Waals surface area contributed by atoms with E-state index in [4.69, 9.17) is 5.26 Å². The van der Waals surface area contributed by atoms with E-state index in [1.807, 2.05) is 64.4 Å². The molecule has 1 heterocycles. The summed E-state index contributed by atoms with van der Waals surface area (Å²) in [6.07, 6.45) is 3.88. The first-order chi connectivity index (χ1) is 13.4. The first-order valence-electron chi connectivity index (χ1n) is 10.1. The molecule has 2 rings (SSSR count). The first kappa shape index (κ1) is 23.1. The lowest BCUT2D eigenvalue weighted by Gasteiger charge is -2.28. The van der Waals surface area contributed by atoms with Crippen molar-refractivity contribution in [1.82, 2.24) is 4.57 Å². The minimum Gasteiger partial charge on any atom is -0.507 e. The number of unbranched alkanes of at least 4 members (excludes halogenated alkanes) is 1. The summed E-state index contributed by atoms with van der Waals surface area (Å²) >= 11 is 1.08. The van der Waals surface area contributed by atoms with E-state index in [1.165, 1.54) is 0 Å². The molecule has 0 aliphatic carbocycles. The number of hydrogen-bond acceptors (Lipinski definition) is 4. The maximum Gasteiger partial charge on any atom is 0.194 e. The van der Waals surface area contributed by atoms with Gasteiger partial charge in [-0.05, 0) is 35.4 Å². The topological polar surface area (TPSA) is 66.0 Å². The third-order valence-electron chi connectivity index (χ3n) is 5.01. The van der Waals surface area contributed by atoms with Crippen molar-refractivity contribution in [3.05, 3.63) is 46.6 Å². The van der Waals surface area contributed by atoms with Crippen molar-refractivity contribution in [2.24, 2.45) is 0 Å². The summed E-state index contributed by atoms with van der Waals surface area (Å²) in [7, 11) is 0. The Morgan fingerprint density at radius 2 is 1.62 bits per heavy atom. The Bertz CT molecular complexity index is 902. The monoisotopic (exact) mass is 412 g/mol. The molecule has 0 spiro atoms. The summed E-state index contributed by atoms with van der Waals surface area (Å²) in [4.78, 5) is 13.4. The minimum atomic E-state index is -0.296. The number of nitrogens with zero attached hydrogens (tertiary/aromatic N) is 2. The molecule has 4 nitrogen and oxygen atoms in total. The minimum absolute atomic E-state index is 0.0870. The van der Waals surface area contributed by atoms with Crippen LogP contribution in [0.3, 0.4) is 0 Å². The molecule has 0 atom stereocenters. The molecule has 2 aromatic rings. The number of carbonyl (C=O) groups excluding carboxylic acids is 1. The fourth-order valence-corrected chi connectivity index (χ4v) is 3.86. The molecule has 1 aromatic carbocycles. The van der Waals surface area contributed by atoms with Crippen LogP contribution >= 0.6 is 11.8 Å². The molecule has 1 aromatic heterocycles. The van der Waals surface area contributed by atoms with Gasteiger partial charge < -0.3 is 9.67 Å². The van der Waals surface area contributed by atoms with Crippen molar-refractivity contribution in [3.8, 4) is 11.2 Å². The molecule has 29 heavy (non-hydrogen) atoms. The summed E-state index contributed by atoms with van der Waals surface area (Å²) in [6.45, 7) is 15.1. The number of thioether (sulfide) groups is 1. The summed E-state index contributed by atoms with van der Waals surface area (Å²) in [5.41, 5.74) is 2.09. The Morgan fingerprint density at radius 3 is 2.07 bits per heavy atom. The van der Waals surface area contributed by atoms with E-state index in [0.29, 0.717) is 11.1 Å². The predicted molar refractivity (Wildman–Crippen MR) is 120 cm³/mol. The van der Waals surface area contributed by atoms with Crippen molar-refractivity contribution in [1.29, 1.82) is 5.26 Å². The van der Waals surface area contributed by atoms with Gasteiger partial charge in [0.15, 0.2) is 5.78 Å². The quantitative estimate of drug-likeness (QED) is 0.339. The molecule has 156 valence electrons. The molecule has 5 heteroatoms. The standard InChI is InChI=1S/C24H32N2O2S/c1-8-9-10-26-14-17(13-20(26)29-15-25)21(27)16-11-18(23(2,3)4)22(28)19(12-16)24(5,6)7/h11-14,28H,8-10H2,1-7H3. The lowest BCUT2D eigenvalue weighted by molar-refractivity contribution is 0.103. The number of aromatic nitrogens is 1. The van der Waals surface area contributed by atoms with E-state index in [0.717, 1.165) is 47.3 Å². The van der Waals surface area contributed by atoms with Gasteiger partial charge in [-0.15, -0.1) is 0 Å². The summed E-state index contributed by atoms with van der Waals surface area (Å²) < 4.78 is 1.99. The Kier molecular flexibility index (Phi) is 6.90. The average Bonchev–Trinajstić information content (AvgIpc) is 3.00. The lowest BCUT2D eigenvalue weighted by atomic mass is 9.78. The molecule has 0 bridgehead atoms. The van der Waals surface area contributed by atoms with E-state index in [9.17, 15) is 9.90 Å². The Balaban J connectivity index is 2.60. The highest BCUT2D eigenvalue weighted by Crippen LogP contribution is 2.40. The van der Waals surface area contributed by atoms with Crippen LogP contribution in [0.1, 0.15) is 88.4 Å². The predicted octanol–water partition coefficient (Wildman–Crippen LogP) is 6.39. The fraction of sp³-hybridized carbons (Fsp3) is 0.500. The maximum atomic E-state index is 13.4. The number of phenolic OH excluding ortho intramolecular Hbond substituents is 1. The van der Waals surface area contributed by atoms with Crippen LogP contribution in [-0.4, -0.2) is 15.5 Å². The number of aryl methyl sites for hydroxylation is 1. The lowest BCUT2D eigenvalue weighted by Crippen LogP contribution is -2.19. The second kappa shape index (κ2) is 8.67. The van der Waals surface area contributed by atoms with Gasteiger partial charge in [-0.25, -0.2) is 0 Å². The van der Waals surface area contributed by atoms with Gasteiger partial charge in [0.25, 0.3) is 0 Å². The molecule has 0 radical (unpaired) electrons. The van der Waals surface area contributed by atoms with Gasteiger partial charge in [0.05, 0.1) is 5.03 Å². The van der Waals surface area contributed by atoms with Crippen LogP contribution in [0.2, 0.25) is 0 Å². The number of carbonyl (C=O) groups is 1. The third-order valence-corrected chi connectivity index (χ3v) is 5.66. The Hall–Kier alpha value is -2.19. The number of aromatic hydroxyl groups is 1. The Morgan fingerprint density at radius 1 is 1.07 bits per heavy atom. The molecule has 0 fully saturated rings. The Labute approximate surface area is 178 Å². The van der Waals surface area contributed by atoms with Crippen LogP contribution in [0.25, 0.3) is 0 Å². The van der Waals surface area contributed by atoms with E-state index in [-0.39, 0.29) is 22.4 Å². The third kappa shape index (κ3) is 5.25. The number of hydrogen-bond donors (Lipinski definition) is 1. The zero-order chi connectivity index (χ0) is 22.0. The molecule has 0 amide bonds. The van der Waals surface area contributed by atoms with Crippen LogP contribution < -0.4 is 0 Å². The number of ketones is 1. The highest BCUT2D eigenvalue weighted by Gasteiger charge is 2.28. The van der Waals surface area contributed by atoms with E-state index >= 15 is 0 Å². The highest BCUT2D eigenvalue weighted by atomic mass is 32.2. The van der Waals surface area contributed by atoms with E-state index in [1.54, 1.807) is 6.07 Å². The zero-order valence-electron chi connectivity index (χ0n) is 18.6. The number of phenols is 1. The maximum absolute atomic E-state index is 13.4. The molecule has 0 unspecified atom stereocenters. The van der Waals surface area contributed by atoms with Gasteiger partial charge in [0.2, 0.25) is 0 Å². The van der Waals surface area contributed by atoms with Gasteiger partial charge in [0, 0.05) is 46.8 Å². The average molecular weight is 413 g/mol. The zero-order valence-corrected chi connectivity index (χ0v) is 19.4. The van der Waals surface area contributed by atoms with Gasteiger partial charge in [-0.3, -0.25) is 4.79 Å². The van der Waals surface area contributed by atoms with Crippen molar-refractivity contribution >= 4 is 17.5 Å². The molecule has 1 N–H and O–H groups in total. The number of benzene rings is 1. The summed E-state index contributed by atoms with van der Waals surface area (Å²) in [5, 5.41) is 22.9. The van der Waals surface area contributed by atoms with E-state index < -0.39 is 0 Å². The van der Waals surface area contributed by atoms with Crippen LogP contribution in [0.5, 0.6) is 5.75 Å². The largest absolute Gasteiger partial charge is 0.507 e. The van der Waals surface area contributed by atoms with Gasteiger partial charge in [-0.1, -0.05) is 54.9 Å². The van der Waals surface area contributed by atoms with Crippen molar-refractivity contribution in [3.63, 3.8) is 0 Å². The number of rotatable bonds is 6. The number of nitriles is 1.